The van der Waals surface area contributed by atoms with Gasteiger partial charge in [-0.15, -0.1) is 0 Å². The molecule has 0 unspecified atom stereocenters. The number of benzene rings is 4. The molecule has 4 aromatic carbocycles. The van der Waals surface area contributed by atoms with Gasteiger partial charge in [-0.25, -0.2) is 0 Å². The molecule has 0 aliphatic rings. The second kappa shape index (κ2) is 10.9. The largest absolute Gasteiger partial charge is 1.00 e. The van der Waals surface area contributed by atoms with Crippen LogP contribution in [0.25, 0.3) is 0 Å². The van der Waals surface area contributed by atoms with E-state index in [0.29, 0.717) is 5.56 Å². The molecule has 0 spiro atoms. The lowest BCUT2D eigenvalue weighted by atomic mass is 10.2. The maximum absolute atomic E-state index is 13.3. The van der Waals surface area contributed by atoms with Gasteiger partial charge in [0.15, 0.2) is 6.16 Å². The Morgan fingerprint density at radius 1 is 0.562 bits per heavy atom. The van der Waals surface area contributed by atoms with Gasteiger partial charge in [-0.05, 0) is 48.5 Å². The van der Waals surface area contributed by atoms with Gasteiger partial charge in [-0.3, -0.25) is 14.9 Å². The van der Waals surface area contributed by atoms with Crippen molar-refractivity contribution in [2.75, 3.05) is 6.16 Å². The summed E-state index contributed by atoms with van der Waals surface area (Å²) in [6, 6.07) is 39.3. The van der Waals surface area contributed by atoms with Crippen molar-refractivity contribution < 1.29 is 22.0 Å². The van der Waals surface area contributed by atoms with Crippen molar-refractivity contribution in [3.63, 3.8) is 0 Å². The number of hydrogen-bond acceptors (Lipinski definition) is 2. The van der Waals surface area contributed by atoms with Crippen LogP contribution in [0.5, 0.6) is 0 Å². The lowest BCUT2D eigenvalue weighted by Crippen LogP contribution is -3.00. The molecule has 160 valence electrons. The number of hydrogen-bond donors (Lipinski definition) is 1. The van der Waals surface area contributed by atoms with E-state index in [1.165, 1.54) is 0 Å². The zero-order valence-corrected chi connectivity index (χ0v) is 19.0. The number of carbonyl (C=O) groups excluding carboxylic acids is 2. The summed E-state index contributed by atoms with van der Waals surface area (Å²) < 4.78 is 0. The Labute approximate surface area is 195 Å². The van der Waals surface area contributed by atoms with Crippen LogP contribution in [0.3, 0.4) is 0 Å². The smallest absolute Gasteiger partial charge is 0.265 e. The highest BCUT2D eigenvalue weighted by Crippen LogP contribution is 2.54. The predicted molar refractivity (Wildman–Crippen MR) is 129 cm³/mol. The van der Waals surface area contributed by atoms with Crippen LogP contribution < -0.4 is 33.6 Å². The molecule has 4 rings (SSSR count). The number of carbonyl (C=O) groups is 2. The van der Waals surface area contributed by atoms with Crippen molar-refractivity contribution in [3.8, 4) is 0 Å². The first kappa shape index (κ1) is 23.4. The van der Waals surface area contributed by atoms with Crippen LogP contribution >= 0.6 is 7.26 Å². The Morgan fingerprint density at radius 3 is 1.28 bits per heavy atom. The van der Waals surface area contributed by atoms with E-state index in [-0.39, 0.29) is 30.4 Å². The van der Waals surface area contributed by atoms with Crippen LogP contribution in [0.4, 0.5) is 0 Å². The van der Waals surface area contributed by atoms with Crippen LogP contribution in [0.2, 0.25) is 0 Å². The van der Waals surface area contributed by atoms with E-state index in [1.54, 1.807) is 24.3 Å². The van der Waals surface area contributed by atoms with Crippen molar-refractivity contribution in [1.82, 2.24) is 5.32 Å². The third-order valence-corrected chi connectivity index (χ3v) is 9.56. The number of imide groups is 1. The third-order valence-electron chi connectivity index (χ3n) is 5.26. The maximum Gasteiger partial charge on any atom is 0.265 e. The minimum atomic E-state index is -2.32. The number of halogens is 1. The number of nitrogens with one attached hydrogen (secondary N) is 1. The van der Waals surface area contributed by atoms with Gasteiger partial charge < -0.3 is 12.4 Å². The lowest BCUT2D eigenvalue weighted by Gasteiger charge is -2.27. The first-order valence-electron chi connectivity index (χ1n) is 10.1. The molecule has 0 bridgehead atoms. The fourth-order valence-electron chi connectivity index (χ4n) is 3.81. The zero-order chi connectivity index (χ0) is 21.5. The van der Waals surface area contributed by atoms with Gasteiger partial charge >= 0.3 is 0 Å². The van der Waals surface area contributed by atoms with Crippen molar-refractivity contribution in [1.29, 1.82) is 0 Å². The fraction of sp³-hybridized carbons (Fsp3) is 0.0370. The highest BCUT2D eigenvalue weighted by atomic mass is 35.5. The van der Waals surface area contributed by atoms with Gasteiger partial charge in [0, 0.05) is 5.56 Å². The van der Waals surface area contributed by atoms with Gasteiger partial charge in [0.1, 0.15) is 23.2 Å². The van der Waals surface area contributed by atoms with Gasteiger partial charge in [0.2, 0.25) is 0 Å². The fourth-order valence-corrected chi connectivity index (χ4v) is 7.81. The standard InChI is InChI=1S/C27H22NO2P.ClH/c29-26(28-27(30)22-13-5-1-6-14-22)21-31(23-15-7-2-8-16-23,24-17-9-3-10-18-24)25-19-11-4-12-20-25;/h1-20H,21H2;1H. The van der Waals surface area contributed by atoms with E-state index in [9.17, 15) is 9.59 Å². The molecule has 0 fully saturated rings. The molecule has 2 amide bonds. The Balaban J connectivity index is 0.00000289. The lowest BCUT2D eigenvalue weighted by molar-refractivity contribution is -0.117. The summed E-state index contributed by atoms with van der Waals surface area (Å²) in [6.45, 7) is 0. The zero-order valence-electron chi connectivity index (χ0n) is 17.4. The van der Waals surface area contributed by atoms with E-state index >= 15 is 0 Å². The van der Waals surface area contributed by atoms with E-state index < -0.39 is 7.26 Å². The third kappa shape index (κ3) is 4.96. The molecule has 1 N–H and O–H groups in total. The SMILES string of the molecule is O=C(C[P+](c1ccccc1)(c1ccccc1)c1ccccc1)NC(=O)c1ccccc1.[Cl-]. The second-order valence-corrected chi connectivity index (χ2v) is 10.7. The molecule has 0 aliphatic heterocycles. The molecule has 0 aromatic heterocycles. The van der Waals surface area contributed by atoms with Crippen LogP contribution in [0.1, 0.15) is 10.4 Å². The molecule has 32 heavy (non-hydrogen) atoms. The normalized spacial score (nSPS) is 10.6. The molecule has 4 aromatic rings. The maximum atomic E-state index is 13.3. The molecule has 0 radical (unpaired) electrons. The minimum Gasteiger partial charge on any atom is -1.00 e. The second-order valence-electron chi connectivity index (χ2n) is 7.22. The molecule has 5 heteroatoms. The Bertz CT molecular complexity index is 1060. The number of amides is 2. The van der Waals surface area contributed by atoms with Gasteiger partial charge in [-0.1, -0.05) is 72.8 Å². The van der Waals surface area contributed by atoms with E-state index in [1.807, 2.05) is 60.7 Å². The first-order valence-corrected chi connectivity index (χ1v) is 12.1. The topological polar surface area (TPSA) is 46.2 Å². The molecular formula is C27H23ClNO2P. The molecule has 0 atom stereocenters. The Morgan fingerprint density at radius 2 is 0.906 bits per heavy atom. The highest BCUT2D eigenvalue weighted by Gasteiger charge is 2.47. The van der Waals surface area contributed by atoms with Gasteiger partial charge in [0.25, 0.3) is 11.8 Å². The van der Waals surface area contributed by atoms with Gasteiger partial charge in [-0.2, -0.15) is 0 Å². The molecular weight excluding hydrogens is 437 g/mol. The van der Waals surface area contributed by atoms with Crippen LogP contribution in [-0.2, 0) is 4.79 Å². The van der Waals surface area contributed by atoms with Crippen molar-refractivity contribution in [2.24, 2.45) is 0 Å². The molecule has 0 saturated heterocycles. The van der Waals surface area contributed by atoms with Crippen molar-refractivity contribution in [3.05, 3.63) is 127 Å². The predicted octanol–water partition coefficient (Wildman–Crippen LogP) is 0.941. The summed E-state index contributed by atoms with van der Waals surface area (Å²) in [5, 5.41) is 5.93. The van der Waals surface area contributed by atoms with Crippen LogP contribution in [-0.4, -0.2) is 18.0 Å². The molecule has 0 aliphatic carbocycles. The minimum absolute atomic E-state index is 0. The quantitative estimate of drug-likeness (QED) is 0.436. The summed E-state index contributed by atoms with van der Waals surface area (Å²) in [5.41, 5.74) is 0.471. The summed E-state index contributed by atoms with van der Waals surface area (Å²) >= 11 is 0. The molecule has 0 heterocycles. The summed E-state index contributed by atoms with van der Waals surface area (Å²) in [4.78, 5) is 25.9. The Kier molecular flexibility index (Phi) is 7.94. The molecule has 3 nitrogen and oxygen atoms in total. The van der Waals surface area contributed by atoms with E-state index in [2.05, 4.69) is 41.7 Å². The highest BCUT2D eigenvalue weighted by molar-refractivity contribution is 7.96. The average molecular weight is 460 g/mol. The average Bonchev–Trinajstić information content (AvgIpc) is 2.85. The van der Waals surface area contributed by atoms with Crippen molar-refractivity contribution >= 4 is 35.0 Å². The monoisotopic (exact) mass is 459 g/mol. The van der Waals surface area contributed by atoms with Crippen LogP contribution in [0, 0.1) is 0 Å². The summed E-state index contributed by atoms with van der Waals surface area (Å²) in [6.07, 6.45) is 0.212. The molecule has 0 saturated carbocycles. The van der Waals surface area contributed by atoms with Crippen LogP contribution in [0.15, 0.2) is 121 Å². The Hall–Kier alpha value is -3.26. The summed E-state index contributed by atoms with van der Waals surface area (Å²) in [7, 11) is -2.32. The van der Waals surface area contributed by atoms with E-state index in [4.69, 9.17) is 0 Å². The first-order chi connectivity index (χ1) is 15.2. The summed E-state index contributed by atoms with van der Waals surface area (Å²) in [5.74, 6) is -0.656. The van der Waals surface area contributed by atoms with Crippen molar-refractivity contribution in [2.45, 2.75) is 0 Å². The van der Waals surface area contributed by atoms with Gasteiger partial charge in [0.05, 0.1) is 0 Å². The van der Waals surface area contributed by atoms with E-state index in [0.717, 1.165) is 15.9 Å². The number of rotatable bonds is 6.